The molecule has 33 heavy (non-hydrogen) atoms. The number of amides is 1. The van der Waals surface area contributed by atoms with E-state index in [1.807, 2.05) is 19.9 Å². The van der Waals surface area contributed by atoms with Gasteiger partial charge in [0.05, 0.1) is 27.0 Å². The Morgan fingerprint density at radius 1 is 1.09 bits per heavy atom. The van der Waals surface area contributed by atoms with Crippen LogP contribution in [0.5, 0.6) is 11.5 Å². The average molecular weight is 453 g/mol. The molecule has 6 nitrogen and oxygen atoms in total. The van der Waals surface area contributed by atoms with Crippen LogP contribution in [-0.4, -0.2) is 26.2 Å². The fourth-order valence-electron chi connectivity index (χ4n) is 3.37. The molecule has 2 N–H and O–H groups in total. The van der Waals surface area contributed by atoms with E-state index in [4.69, 9.17) is 13.9 Å². The average Bonchev–Trinajstić information content (AvgIpc) is 3.31. The predicted molar refractivity (Wildman–Crippen MR) is 128 cm³/mol. The summed E-state index contributed by atoms with van der Waals surface area (Å²) in [6, 6.07) is 12.0. The molecule has 0 aliphatic carbocycles. The number of hydrogen-bond acceptors (Lipinski definition) is 5. The molecule has 0 saturated heterocycles. The molecule has 0 atom stereocenters. The van der Waals surface area contributed by atoms with E-state index in [1.165, 1.54) is 20.3 Å². The number of carbonyl (C=O) groups is 1. The minimum Gasteiger partial charge on any atom is -0.496 e. The highest BCUT2D eigenvalue weighted by Crippen LogP contribution is 2.38. The minimum absolute atomic E-state index is 0.0270. The van der Waals surface area contributed by atoms with Crippen LogP contribution in [0, 0.1) is 5.82 Å². The third-order valence-electron chi connectivity index (χ3n) is 5.01. The summed E-state index contributed by atoms with van der Waals surface area (Å²) >= 11 is 0. The zero-order valence-corrected chi connectivity index (χ0v) is 19.5. The number of rotatable bonds is 9. The SMILES string of the molecule is COc1cc(-c2ccc(NCc3ccco3)cc2F)c(OC)cc1C=C(C)C(=O)NC(C)C. The first-order chi connectivity index (χ1) is 15.8. The number of benzene rings is 2. The van der Waals surface area contributed by atoms with E-state index >= 15 is 4.39 Å². The number of hydrogen-bond donors (Lipinski definition) is 2. The molecular formula is C26H29FN2O4. The van der Waals surface area contributed by atoms with Gasteiger partial charge in [-0.3, -0.25) is 4.79 Å². The zero-order valence-electron chi connectivity index (χ0n) is 19.5. The van der Waals surface area contributed by atoms with Crippen LogP contribution in [0.25, 0.3) is 17.2 Å². The second-order valence-corrected chi connectivity index (χ2v) is 7.88. The molecule has 0 bridgehead atoms. The summed E-state index contributed by atoms with van der Waals surface area (Å²) in [7, 11) is 3.05. The highest BCUT2D eigenvalue weighted by molar-refractivity contribution is 5.98. The summed E-state index contributed by atoms with van der Waals surface area (Å²) in [5.74, 6) is 1.15. The molecule has 3 aromatic rings. The first-order valence-corrected chi connectivity index (χ1v) is 10.6. The Bertz CT molecular complexity index is 1140. The van der Waals surface area contributed by atoms with Crippen molar-refractivity contribution in [1.82, 2.24) is 5.32 Å². The van der Waals surface area contributed by atoms with E-state index in [0.29, 0.717) is 46.0 Å². The summed E-state index contributed by atoms with van der Waals surface area (Å²) < 4.78 is 31.4. The smallest absolute Gasteiger partial charge is 0.247 e. The van der Waals surface area contributed by atoms with Crippen molar-refractivity contribution in [2.45, 2.75) is 33.4 Å². The van der Waals surface area contributed by atoms with Crippen LogP contribution in [0.2, 0.25) is 0 Å². The lowest BCUT2D eigenvalue weighted by Crippen LogP contribution is -2.30. The predicted octanol–water partition coefficient (Wildman–Crippen LogP) is 5.64. The topological polar surface area (TPSA) is 72.7 Å². The molecule has 3 rings (SSSR count). The van der Waals surface area contributed by atoms with Gasteiger partial charge in [0.1, 0.15) is 23.1 Å². The molecule has 1 aromatic heterocycles. The van der Waals surface area contributed by atoms with Crippen LogP contribution in [0.4, 0.5) is 10.1 Å². The van der Waals surface area contributed by atoms with Crippen molar-refractivity contribution in [2.75, 3.05) is 19.5 Å². The van der Waals surface area contributed by atoms with E-state index in [0.717, 1.165) is 5.76 Å². The molecule has 0 saturated carbocycles. The number of furan rings is 1. The molecule has 2 aromatic carbocycles. The number of nitrogens with one attached hydrogen (secondary N) is 2. The van der Waals surface area contributed by atoms with Crippen molar-refractivity contribution in [3.05, 3.63) is 71.4 Å². The summed E-state index contributed by atoms with van der Waals surface area (Å²) in [6.07, 6.45) is 3.32. The highest BCUT2D eigenvalue weighted by atomic mass is 19.1. The highest BCUT2D eigenvalue weighted by Gasteiger charge is 2.17. The van der Waals surface area contributed by atoms with Gasteiger partial charge in [-0.05, 0) is 69.3 Å². The normalized spacial score (nSPS) is 11.4. The molecule has 0 unspecified atom stereocenters. The Morgan fingerprint density at radius 3 is 2.45 bits per heavy atom. The Morgan fingerprint density at radius 2 is 1.85 bits per heavy atom. The summed E-state index contributed by atoms with van der Waals surface area (Å²) in [6.45, 7) is 5.98. The molecule has 0 aliphatic rings. The third-order valence-corrected chi connectivity index (χ3v) is 5.01. The molecule has 0 spiro atoms. The number of halogens is 1. The van der Waals surface area contributed by atoms with E-state index in [1.54, 1.807) is 49.6 Å². The van der Waals surface area contributed by atoms with Crippen LogP contribution in [0.1, 0.15) is 32.1 Å². The zero-order chi connectivity index (χ0) is 24.0. The fourth-order valence-corrected chi connectivity index (χ4v) is 3.37. The molecule has 174 valence electrons. The molecular weight excluding hydrogens is 423 g/mol. The van der Waals surface area contributed by atoms with Crippen molar-refractivity contribution in [3.8, 4) is 22.6 Å². The van der Waals surface area contributed by atoms with Gasteiger partial charge >= 0.3 is 0 Å². The van der Waals surface area contributed by atoms with Gasteiger partial charge < -0.3 is 24.5 Å². The molecule has 0 radical (unpaired) electrons. The second kappa shape index (κ2) is 10.7. The number of methoxy groups -OCH3 is 2. The van der Waals surface area contributed by atoms with Gasteiger partial charge in [-0.25, -0.2) is 4.39 Å². The molecule has 0 fully saturated rings. The van der Waals surface area contributed by atoms with Crippen molar-refractivity contribution in [1.29, 1.82) is 0 Å². The monoisotopic (exact) mass is 452 g/mol. The standard InChI is InChI=1S/C26H29FN2O4/c1-16(2)29-26(30)17(3)11-18-12-25(32-5)22(14-24(18)31-4)21-9-8-19(13-23(21)27)28-15-20-7-6-10-33-20/h6-14,16,28H,15H2,1-5H3,(H,29,30). The Kier molecular flexibility index (Phi) is 7.77. The van der Waals surface area contributed by atoms with E-state index in [9.17, 15) is 4.79 Å². The van der Waals surface area contributed by atoms with E-state index in [2.05, 4.69) is 10.6 Å². The van der Waals surface area contributed by atoms with E-state index < -0.39 is 5.82 Å². The first kappa shape index (κ1) is 23.9. The lowest BCUT2D eigenvalue weighted by atomic mass is 9.99. The van der Waals surface area contributed by atoms with Gasteiger partial charge in [0, 0.05) is 34.0 Å². The maximum Gasteiger partial charge on any atom is 0.247 e. The maximum absolute atomic E-state index is 15.1. The van der Waals surface area contributed by atoms with Gasteiger partial charge in [0.2, 0.25) is 5.91 Å². The second-order valence-electron chi connectivity index (χ2n) is 7.88. The van der Waals surface area contributed by atoms with Gasteiger partial charge in [-0.1, -0.05) is 0 Å². The molecule has 7 heteroatoms. The van der Waals surface area contributed by atoms with Crippen molar-refractivity contribution in [3.63, 3.8) is 0 Å². The lowest BCUT2D eigenvalue weighted by molar-refractivity contribution is -0.117. The van der Waals surface area contributed by atoms with Crippen LogP contribution in [0.15, 0.2) is 58.7 Å². The molecule has 1 amide bonds. The first-order valence-electron chi connectivity index (χ1n) is 10.6. The van der Waals surface area contributed by atoms with Gasteiger partial charge in [-0.2, -0.15) is 0 Å². The van der Waals surface area contributed by atoms with Crippen LogP contribution < -0.4 is 20.1 Å². The van der Waals surface area contributed by atoms with Gasteiger partial charge in [-0.15, -0.1) is 0 Å². The molecule has 1 heterocycles. The third kappa shape index (κ3) is 5.94. The number of anilines is 1. The summed E-state index contributed by atoms with van der Waals surface area (Å²) in [4.78, 5) is 12.3. The number of ether oxygens (including phenoxy) is 2. The summed E-state index contributed by atoms with van der Waals surface area (Å²) in [5, 5.41) is 5.99. The Labute approximate surface area is 193 Å². The summed E-state index contributed by atoms with van der Waals surface area (Å²) in [5.41, 5.74) is 2.73. The van der Waals surface area contributed by atoms with E-state index in [-0.39, 0.29) is 11.9 Å². The van der Waals surface area contributed by atoms with Crippen molar-refractivity contribution in [2.24, 2.45) is 0 Å². The lowest BCUT2D eigenvalue weighted by Gasteiger charge is -2.16. The largest absolute Gasteiger partial charge is 0.496 e. The molecule has 0 aliphatic heterocycles. The fraction of sp³-hybridized carbons (Fsp3) is 0.269. The maximum atomic E-state index is 15.1. The van der Waals surface area contributed by atoms with Crippen LogP contribution >= 0.6 is 0 Å². The van der Waals surface area contributed by atoms with Crippen LogP contribution in [-0.2, 0) is 11.3 Å². The quantitative estimate of drug-likeness (QED) is 0.411. The van der Waals surface area contributed by atoms with Crippen molar-refractivity contribution >= 4 is 17.7 Å². The minimum atomic E-state index is -0.407. The van der Waals surface area contributed by atoms with Crippen LogP contribution in [0.3, 0.4) is 0 Å². The number of carbonyl (C=O) groups excluding carboxylic acids is 1. The van der Waals surface area contributed by atoms with Gasteiger partial charge in [0.15, 0.2) is 0 Å². The Balaban J connectivity index is 1.92. The van der Waals surface area contributed by atoms with Crippen molar-refractivity contribution < 1.29 is 23.1 Å². The Hall–Kier alpha value is -3.74. The van der Waals surface area contributed by atoms with Gasteiger partial charge in [0.25, 0.3) is 0 Å².